The molecule has 2 aromatic rings. The molecule has 1 aromatic heterocycles. The van der Waals surface area contributed by atoms with Crippen molar-refractivity contribution in [2.24, 2.45) is 0 Å². The van der Waals surface area contributed by atoms with Crippen LogP contribution in [-0.4, -0.2) is 48.1 Å². The molecule has 106 valence electrons. The predicted octanol–water partition coefficient (Wildman–Crippen LogP) is 1.51. The zero-order valence-electron chi connectivity index (χ0n) is 11.7. The maximum atomic E-state index is 11.5. The Hall–Kier alpha value is -1.98. The number of likely N-dealkylation sites (N-methyl/N-ethyl adjacent to an activating group) is 1. The summed E-state index contributed by atoms with van der Waals surface area (Å²) in [6, 6.07) is 8.66. The van der Waals surface area contributed by atoms with Gasteiger partial charge in [-0.15, -0.1) is 0 Å². The summed E-state index contributed by atoms with van der Waals surface area (Å²) in [5.41, 5.74) is 1.44. The number of carboxylic acids is 1. The maximum absolute atomic E-state index is 11.5. The van der Waals surface area contributed by atoms with Crippen LogP contribution >= 0.6 is 0 Å². The van der Waals surface area contributed by atoms with Crippen LogP contribution in [0.5, 0.6) is 0 Å². The number of hydrogen-bond donors (Lipinski definition) is 2. The standard InChI is InChI=1S/C15H19N3O2/c1-18(2)10-9-17-14(15(19)20)12-7-3-5-11-6-4-8-16-13(11)12/h3-8,14,17H,9-10H2,1-2H3,(H,19,20). The molecule has 0 aliphatic carbocycles. The van der Waals surface area contributed by atoms with Gasteiger partial charge in [0.05, 0.1) is 5.52 Å². The summed E-state index contributed by atoms with van der Waals surface area (Å²) in [5.74, 6) is -0.887. The molecule has 0 aliphatic rings. The summed E-state index contributed by atoms with van der Waals surface area (Å²) in [5, 5.41) is 13.5. The first-order valence-corrected chi connectivity index (χ1v) is 6.54. The van der Waals surface area contributed by atoms with E-state index in [9.17, 15) is 9.90 Å². The van der Waals surface area contributed by atoms with E-state index in [0.29, 0.717) is 12.1 Å². The van der Waals surface area contributed by atoms with Crippen LogP contribution < -0.4 is 5.32 Å². The van der Waals surface area contributed by atoms with E-state index in [-0.39, 0.29) is 0 Å². The van der Waals surface area contributed by atoms with E-state index in [1.54, 1.807) is 6.20 Å². The highest BCUT2D eigenvalue weighted by Crippen LogP contribution is 2.22. The van der Waals surface area contributed by atoms with Crippen LogP contribution in [0.3, 0.4) is 0 Å². The third-order valence-corrected chi connectivity index (χ3v) is 3.13. The van der Waals surface area contributed by atoms with Crippen LogP contribution in [0.1, 0.15) is 11.6 Å². The van der Waals surface area contributed by atoms with Gasteiger partial charge >= 0.3 is 5.97 Å². The fraction of sp³-hybridized carbons (Fsp3) is 0.333. The first-order valence-electron chi connectivity index (χ1n) is 6.54. The minimum atomic E-state index is -0.887. The van der Waals surface area contributed by atoms with Crippen molar-refractivity contribution in [2.45, 2.75) is 6.04 Å². The molecule has 2 rings (SSSR count). The lowest BCUT2D eigenvalue weighted by atomic mass is 10.0. The second-order valence-corrected chi connectivity index (χ2v) is 4.95. The molecular weight excluding hydrogens is 254 g/mol. The Morgan fingerprint density at radius 1 is 1.35 bits per heavy atom. The number of benzene rings is 1. The summed E-state index contributed by atoms with van der Waals surface area (Å²) in [7, 11) is 3.91. The molecule has 0 saturated heterocycles. The topological polar surface area (TPSA) is 65.5 Å². The van der Waals surface area contributed by atoms with Crippen molar-refractivity contribution in [1.82, 2.24) is 15.2 Å². The van der Waals surface area contributed by atoms with Crippen LogP contribution in [-0.2, 0) is 4.79 Å². The predicted molar refractivity (Wildman–Crippen MR) is 78.7 cm³/mol. The number of rotatable bonds is 6. The molecular formula is C15H19N3O2. The van der Waals surface area contributed by atoms with E-state index in [2.05, 4.69) is 10.3 Å². The van der Waals surface area contributed by atoms with E-state index < -0.39 is 12.0 Å². The Balaban J connectivity index is 2.29. The van der Waals surface area contributed by atoms with Crippen molar-refractivity contribution in [2.75, 3.05) is 27.2 Å². The molecule has 0 spiro atoms. The molecule has 0 radical (unpaired) electrons. The Morgan fingerprint density at radius 2 is 2.10 bits per heavy atom. The summed E-state index contributed by atoms with van der Waals surface area (Å²) >= 11 is 0. The van der Waals surface area contributed by atoms with Crippen LogP contribution in [0.15, 0.2) is 36.5 Å². The number of carbonyl (C=O) groups is 1. The van der Waals surface area contributed by atoms with Gasteiger partial charge in [-0.3, -0.25) is 15.1 Å². The lowest BCUT2D eigenvalue weighted by Gasteiger charge is -2.18. The number of carboxylic acid groups (broad SMARTS) is 1. The number of para-hydroxylation sites is 1. The number of hydrogen-bond acceptors (Lipinski definition) is 4. The molecule has 1 unspecified atom stereocenters. The van der Waals surface area contributed by atoms with Gasteiger partial charge in [0, 0.05) is 30.2 Å². The third-order valence-electron chi connectivity index (χ3n) is 3.13. The van der Waals surface area contributed by atoms with Crippen LogP contribution in [0, 0.1) is 0 Å². The minimum absolute atomic E-state index is 0.604. The van der Waals surface area contributed by atoms with E-state index in [4.69, 9.17) is 0 Å². The Bertz CT molecular complexity index is 593. The molecule has 20 heavy (non-hydrogen) atoms. The fourth-order valence-corrected chi connectivity index (χ4v) is 2.12. The van der Waals surface area contributed by atoms with Crippen molar-refractivity contribution in [1.29, 1.82) is 0 Å². The number of fused-ring (bicyclic) bond motifs is 1. The quantitative estimate of drug-likeness (QED) is 0.835. The van der Waals surface area contributed by atoms with Gasteiger partial charge in [-0.1, -0.05) is 24.3 Å². The van der Waals surface area contributed by atoms with Crippen molar-refractivity contribution in [3.05, 3.63) is 42.1 Å². The first-order chi connectivity index (χ1) is 9.59. The fourth-order valence-electron chi connectivity index (χ4n) is 2.12. The Kier molecular flexibility index (Phi) is 4.65. The molecule has 0 amide bonds. The van der Waals surface area contributed by atoms with Gasteiger partial charge in [-0.05, 0) is 20.2 Å². The second-order valence-electron chi connectivity index (χ2n) is 4.95. The summed E-state index contributed by atoms with van der Waals surface area (Å²) in [4.78, 5) is 17.8. The second kappa shape index (κ2) is 6.45. The summed E-state index contributed by atoms with van der Waals surface area (Å²) < 4.78 is 0. The highest BCUT2D eigenvalue weighted by atomic mass is 16.4. The average Bonchev–Trinajstić information content (AvgIpc) is 2.42. The number of aliphatic carboxylic acids is 1. The third kappa shape index (κ3) is 3.31. The van der Waals surface area contributed by atoms with Crippen LogP contribution in [0.4, 0.5) is 0 Å². The molecule has 2 N–H and O–H groups in total. The van der Waals surface area contributed by atoms with Gasteiger partial charge < -0.3 is 10.0 Å². The molecule has 0 fully saturated rings. The number of pyridine rings is 1. The zero-order valence-corrected chi connectivity index (χ0v) is 11.7. The molecule has 1 aromatic carbocycles. The van der Waals surface area contributed by atoms with Gasteiger partial charge in [0.25, 0.3) is 0 Å². The highest BCUT2D eigenvalue weighted by molar-refractivity contribution is 5.87. The average molecular weight is 273 g/mol. The van der Waals surface area contributed by atoms with Gasteiger partial charge in [-0.2, -0.15) is 0 Å². The smallest absolute Gasteiger partial charge is 0.325 e. The Morgan fingerprint density at radius 3 is 2.80 bits per heavy atom. The van der Waals surface area contributed by atoms with Crippen molar-refractivity contribution in [3.8, 4) is 0 Å². The number of aromatic nitrogens is 1. The lowest BCUT2D eigenvalue weighted by molar-refractivity contribution is -0.139. The van der Waals surface area contributed by atoms with E-state index >= 15 is 0 Å². The summed E-state index contributed by atoms with van der Waals surface area (Å²) in [6.45, 7) is 1.38. The molecule has 1 heterocycles. The largest absolute Gasteiger partial charge is 0.480 e. The van der Waals surface area contributed by atoms with Gasteiger partial charge in [0.1, 0.15) is 6.04 Å². The zero-order chi connectivity index (χ0) is 14.5. The van der Waals surface area contributed by atoms with E-state index in [1.165, 1.54) is 0 Å². The maximum Gasteiger partial charge on any atom is 0.325 e. The molecule has 0 aliphatic heterocycles. The van der Waals surface area contributed by atoms with Crippen LogP contribution in [0.2, 0.25) is 0 Å². The lowest BCUT2D eigenvalue weighted by Crippen LogP contribution is -2.34. The van der Waals surface area contributed by atoms with Crippen molar-refractivity contribution >= 4 is 16.9 Å². The van der Waals surface area contributed by atoms with Gasteiger partial charge in [0.2, 0.25) is 0 Å². The first kappa shape index (κ1) is 14.4. The molecule has 0 bridgehead atoms. The SMILES string of the molecule is CN(C)CCNC(C(=O)O)c1cccc2cccnc12. The molecule has 0 saturated carbocycles. The molecule has 1 atom stereocenters. The Labute approximate surface area is 118 Å². The number of nitrogens with one attached hydrogen (secondary N) is 1. The summed E-state index contributed by atoms with van der Waals surface area (Å²) in [6.07, 6.45) is 1.69. The van der Waals surface area contributed by atoms with Crippen LogP contribution in [0.25, 0.3) is 10.9 Å². The highest BCUT2D eigenvalue weighted by Gasteiger charge is 2.21. The minimum Gasteiger partial charge on any atom is -0.480 e. The van der Waals surface area contributed by atoms with Crippen molar-refractivity contribution in [3.63, 3.8) is 0 Å². The molecule has 5 nitrogen and oxygen atoms in total. The van der Waals surface area contributed by atoms with Crippen molar-refractivity contribution < 1.29 is 9.90 Å². The number of nitrogens with zero attached hydrogens (tertiary/aromatic N) is 2. The monoisotopic (exact) mass is 273 g/mol. The van der Waals surface area contributed by atoms with Gasteiger partial charge in [0.15, 0.2) is 0 Å². The van der Waals surface area contributed by atoms with Gasteiger partial charge in [-0.25, -0.2) is 0 Å². The normalized spacial score (nSPS) is 12.8. The van der Waals surface area contributed by atoms with E-state index in [0.717, 1.165) is 17.4 Å². The molecule has 5 heteroatoms. The van der Waals surface area contributed by atoms with E-state index in [1.807, 2.05) is 49.3 Å².